The molecule has 0 aromatic heterocycles. The molecule has 1 rings (SSSR count). The van der Waals surface area contributed by atoms with E-state index in [1.54, 1.807) is 25.1 Å². The molecule has 0 saturated carbocycles. The number of nitrogens with one attached hydrogen (secondary N) is 1. The SMILES string of the molecule is CCC(C)OC(=O)Nc1cccc(OC(=O)N(CCCl)CCCl)c1. The van der Waals surface area contributed by atoms with E-state index >= 15 is 0 Å². The Balaban J connectivity index is 2.67. The Labute approximate surface area is 152 Å². The van der Waals surface area contributed by atoms with Crippen molar-refractivity contribution < 1.29 is 19.1 Å². The van der Waals surface area contributed by atoms with Gasteiger partial charge in [0, 0.05) is 36.6 Å². The Hall–Kier alpha value is -1.66. The summed E-state index contributed by atoms with van der Waals surface area (Å²) < 4.78 is 10.4. The van der Waals surface area contributed by atoms with Gasteiger partial charge in [0.15, 0.2) is 0 Å². The maximum absolute atomic E-state index is 12.1. The minimum Gasteiger partial charge on any atom is -0.446 e. The summed E-state index contributed by atoms with van der Waals surface area (Å²) in [5.74, 6) is 0.875. The Morgan fingerprint density at radius 1 is 1.25 bits per heavy atom. The Bertz CT molecular complexity index is 537. The molecule has 0 aliphatic carbocycles. The van der Waals surface area contributed by atoms with Crippen molar-refractivity contribution in [3.63, 3.8) is 0 Å². The van der Waals surface area contributed by atoms with Gasteiger partial charge in [-0.1, -0.05) is 13.0 Å². The molecule has 0 aliphatic rings. The molecule has 6 nitrogen and oxygen atoms in total. The normalized spacial score (nSPS) is 11.5. The first-order valence-corrected chi connectivity index (χ1v) is 8.73. The van der Waals surface area contributed by atoms with Crippen molar-refractivity contribution in [3.8, 4) is 5.75 Å². The average molecular weight is 377 g/mol. The number of ether oxygens (including phenoxy) is 2. The molecule has 1 unspecified atom stereocenters. The number of nitrogens with zero attached hydrogens (tertiary/aromatic N) is 1. The van der Waals surface area contributed by atoms with Gasteiger partial charge < -0.3 is 14.4 Å². The number of alkyl halides is 2. The third kappa shape index (κ3) is 7.27. The van der Waals surface area contributed by atoms with E-state index in [0.29, 0.717) is 24.5 Å². The van der Waals surface area contributed by atoms with Gasteiger partial charge in [0.05, 0.1) is 0 Å². The van der Waals surface area contributed by atoms with E-state index < -0.39 is 12.2 Å². The number of carbonyl (C=O) groups excluding carboxylic acids is 2. The van der Waals surface area contributed by atoms with Crippen LogP contribution in [0.4, 0.5) is 15.3 Å². The molecule has 0 radical (unpaired) electrons. The van der Waals surface area contributed by atoms with E-state index in [2.05, 4.69) is 5.32 Å². The highest BCUT2D eigenvalue weighted by Crippen LogP contribution is 2.18. The zero-order chi connectivity index (χ0) is 17.9. The predicted molar refractivity (Wildman–Crippen MR) is 95.3 cm³/mol. The zero-order valence-corrected chi connectivity index (χ0v) is 15.3. The van der Waals surface area contributed by atoms with Crippen LogP contribution in [-0.2, 0) is 4.74 Å². The van der Waals surface area contributed by atoms with Crippen LogP contribution in [-0.4, -0.2) is 48.0 Å². The van der Waals surface area contributed by atoms with Gasteiger partial charge in [0.2, 0.25) is 0 Å². The molecular formula is C16H22Cl2N2O4. The Kier molecular flexibility index (Phi) is 9.34. The van der Waals surface area contributed by atoms with E-state index in [-0.39, 0.29) is 17.9 Å². The van der Waals surface area contributed by atoms with Crippen molar-refractivity contribution in [2.24, 2.45) is 0 Å². The van der Waals surface area contributed by atoms with Crippen molar-refractivity contribution in [2.75, 3.05) is 30.2 Å². The van der Waals surface area contributed by atoms with Crippen molar-refractivity contribution in [1.29, 1.82) is 0 Å². The van der Waals surface area contributed by atoms with Crippen LogP contribution in [0.25, 0.3) is 0 Å². The molecule has 0 bridgehead atoms. The number of carbonyl (C=O) groups is 2. The van der Waals surface area contributed by atoms with Crippen LogP contribution >= 0.6 is 23.2 Å². The summed E-state index contributed by atoms with van der Waals surface area (Å²) in [6.45, 7) is 4.41. The van der Waals surface area contributed by atoms with Crippen LogP contribution in [0.3, 0.4) is 0 Å². The molecule has 1 atom stereocenters. The van der Waals surface area contributed by atoms with Crippen LogP contribution in [0.1, 0.15) is 20.3 Å². The monoisotopic (exact) mass is 376 g/mol. The number of benzene rings is 1. The fraction of sp³-hybridized carbons (Fsp3) is 0.500. The fourth-order valence-corrected chi connectivity index (χ4v) is 2.12. The molecule has 0 heterocycles. The lowest BCUT2D eigenvalue weighted by molar-refractivity contribution is 0.118. The molecule has 134 valence electrons. The van der Waals surface area contributed by atoms with E-state index in [9.17, 15) is 9.59 Å². The molecule has 1 N–H and O–H groups in total. The van der Waals surface area contributed by atoms with Crippen LogP contribution in [0.2, 0.25) is 0 Å². The zero-order valence-electron chi connectivity index (χ0n) is 13.8. The maximum atomic E-state index is 12.1. The first-order chi connectivity index (χ1) is 11.5. The number of rotatable bonds is 8. The van der Waals surface area contributed by atoms with Crippen molar-refractivity contribution >= 4 is 41.1 Å². The number of amides is 2. The largest absolute Gasteiger partial charge is 0.446 e. The summed E-state index contributed by atoms with van der Waals surface area (Å²) >= 11 is 11.3. The summed E-state index contributed by atoms with van der Waals surface area (Å²) in [6.07, 6.45) is -0.553. The lowest BCUT2D eigenvalue weighted by Crippen LogP contribution is -2.36. The van der Waals surface area contributed by atoms with E-state index in [4.69, 9.17) is 32.7 Å². The number of anilines is 1. The van der Waals surface area contributed by atoms with Crippen LogP contribution in [0, 0.1) is 0 Å². The molecule has 0 saturated heterocycles. The smallest absolute Gasteiger partial charge is 0.415 e. The highest BCUT2D eigenvalue weighted by molar-refractivity contribution is 6.18. The minimum absolute atomic E-state index is 0.175. The van der Waals surface area contributed by atoms with Gasteiger partial charge in [0.1, 0.15) is 11.9 Å². The molecule has 1 aromatic rings. The van der Waals surface area contributed by atoms with Crippen LogP contribution in [0.5, 0.6) is 5.75 Å². The van der Waals surface area contributed by atoms with Crippen molar-refractivity contribution in [3.05, 3.63) is 24.3 Å². The van der Waals surface area contributed by atoms with Gasteiger partial charge in [-0.2, -0.15) is 0 Å². The minimum atomic E-state index is -0.557. The van der Waals surface area contributed by atoms with Gasteiger partial charge in [-0.05, 0) is 25.5 Å². The number of hydrogen-bond acceptors (Lipinski definition) is 4. The highest BCUT2D eigenvalue weighted by atomic mass is 35.5. The number of halogens is 2. The molecule has 0 spiro atoms. The van der Waals surface area contributed by atoms with Crippen LogP contribution in [0.15, 0.2) is 24.3 Å². The molecule has 24 heavy (non-hydrogen) atoms. The molecule has 0 aliphatic heterocycles. The van der Waals surface area contributed by atoms with Crippen LogP contribution < -0.4 is 10.1 Å². The third-order valence-electron chi connectivity index (χ3n) is 3.14. The topological polar surface area (TPSA) is 67.9 Å². The van der Waals surface area contributed by atoms with Crippen molar-refractivity contribution in [1.82, 2.24) is 4.90 Å². The second-order valence-corrected chi connectivity index (χ2v) is 5.77. The van der Waals surface area contributed by atoms with E-state index in [1.165, 1.54) is 11.0 Å². The Morgan fingerprint density at radius 2 is 1.92 bits per heavy atom. The highest BCUT2D eigenvalue weighted by Gasteiger charge is 2.15. The molecular weight excluding hydrogens is 355 g/mol. The predicted octanol–water partition coefficient (Wildman–Crippen LogP) is 4.31. The quantitative estimate of drug-likeness (QED) is 0.686. The van der Waals surface area contributed by atoms with Gasteiger partial charge in [-0.25, -0.2) is 9.59 Å². The Morgan fingerprint density at radius 3 is 2.50 bits per heavy atom. The molecule has 8 heteroatoms. The molecule has 1 aromatic carbocycles. The van der Waals surface area contributed by atoms with Gasteiger partial charge in [0.25, 0.3) is 0 Å². The van der Waals surface area contributed by atoms with Gasteiger partial charge >= 0.3 is 12.2 Å². The summed E-state index contributed by atoms with van der Waals surface area (Å²) in [7, 11) is 0. The maximum Gasteiger partial charge on any atom is 0.415 e. The fourth-order valence-electron chi connectivity index (χ4n) is 1.71. The second-order valence-electron chi connectivity index (χ2n) is 5.01. The summed E-state index contributed by atoms with van der Waals surface area (Å²) in [5.41, 5.74) is 0.467. The summed E-state index contributed by atoms with van der Waals surface area (Å²) in [5, 5.41) is 2.59. The molecule has 0 fully saturated rings. The summed E-state index contributed by atoms with van der Waals surface area (Å²) in [4.78, 5) is 25.2. The first-order valence-electron chi connectivity index (χ1n) is 7.66. The second kappa shape index (κ2) is 11.0. The van der Waals surface area contributed by atoms with E-state index in [0.717, 1.165) is 6.42 Å². The number of hydrogen-bond donors (Lipinski definition) is 1. The lowest BCUT2D eigenvalue weighted by atomic mass is 10.3. The van der Waals surface area contributed by atoms with Gasteiger partial charge in [-0.15, -0.1) is 23.2 Å². The summed E-state index contributed by atoms with van der Waals surface area (Å²) in [6, 6.07) is 6.48. The van der Waals surface area contributed by atoms with Crippen molar-refractivity contribution in [2.45, 2.75) is 26.4 Å². The third-order valence-corrected chi connectivity index (χ3v) is 3.47. The van der Waals surface area contributed by atoms with E-state index in [1.807, 2.05) is 6.92 Å². The lowest BCUT2D eigenvalue weighted by Gasteiger charge is -2.20. The molecule has 2 amide bonds. The van der Waals surface area contributed by atoms with Gasteiger partial charge in [-0.3, -0.25) is 5.32 Å². The first kappa shape index (κ1) is 20.4. The average Bonchev–Trinajstić information content (AvgIpc) is 2.54. The standard InChI is InChI=1S/C16H22Cl2N2O4/c1-3-12(2)23-15(21)19-13-5-4-6-14(11-13)24-16(22)20(9-7-17)10-8-18/h4-6,11-12H,3,7-10H2,1-2H3,(H,19,21).